The lowest BCUT2D eigenvalue weighted by Crippen LogP contribution is -2.37. The molecule has 0 N–H and O–H groups in total. The second-order valence-corrected chi connectivity index (χ2v) is 6.29. The number of para-hydroxylation sites is 1. The number of furan rings is 1. The van der Waals surface area contributed by atoms with Crippen LogP contribution in [0.3, 0.4) is 0 Å². The van der Waals surface area contributed by atoms with E-state index in [1.807, 2.05) is 42.5 Å². The highest BCUT2D eigenvalue weighted by Crippen LogP contribution is 2.18. The van der Waals surface area contributed by atoms with Crippen LogP contribution in [0.1, 0.15) is 29.1 Å². The first kappa shape index (κ1) is 15.8. The minimum Gasteiger partial charge on any atom is -0.467 e. The Hall–Kier alpha value is -2.66. The van der Waals surface area contributed by atoms with E-state index in [4.69, 9.17) is 9.15 Å². The fourth-order valence-electron chi connectivity index (χ4n) is 3.19. The van der Waals surface area contributed by atoms with Gasteiger partial charge in [-0.2, -0.15) is 0 Å². The SMILES string of the molecule is O=C(c1ccc2ccccc2n1)N(Cc1ccco1)CC1CCCO1. The Labute approximate surface area is 146 Å². The van der Waals surface area contributed by atoms with Gasteiger partial charge in [-0.3, -0.25) is 4.79 Å². The number of aromatic nitrogens is 1. The summed E-state index contributed by atoms with van der Waals surface area (Å²) in [6.45, 7) is 1.73. The molecule has 5 nitrogen and oxygen atoms in total. The van der Waals surface area contributed by atoms with E-state index < -0.39 is 0 Å². The molecule has 1 atom stereocenters. The average Bonchev–Trinajstić information content (AvgIpc) is 3.34. The van der Waals surface area contributed by atoms with Gasteiger partial charge in [0.1, 0.15) is 11.5 Å². The molecular weight excluding hydrogens is 316 g/mol. The highest BCUT2D eigenvalue weighted by Gasteiger charge is 2.25. The van der Waals surface area contributed by atoms with Crippen molar-refractivity contribution in [3.8, 4) is 0 Å². The molecule has 0 aliphatic carbocycles. The highest BCUT2D eigenvalue weighted by molar-refractivity contribution is 5.94. The molecule has 1 aromatic carbocycles. The van der Waals surface area contributed by atoms with Crippen LogP contribution in [-0.4, -0.2) is 35.0 Å². The molecular formula is C20H20N2O3. The van der Waals surface area contributed by atoms with Crippen molar-refractivity contribution in [2.45, 2.75) is 25.5 Å². The van der Waals surface area contributed by atoms with Gasteiger partial charge in [-0.1, -0.05) is 24.3 Å². The number of benzene rings is 1. The van der Waals surface area contributed by atoms with Gasteiger partial charge >= 0.3 is 0 Å². The molecule has 128 valence electrons. The fraction of sp³-hybridized carbons (Fsp3) is 0.300. The van der Waals surface area contributed by atoms with Crippen LogP contribution >= 0.6 is 0 Å². The smallest absolute Gasteiger partial charge is 0.272 e. The molecule has 0 radical (unpaired) electrons. The molecule has 0 bridgehead atoms. The Morgan fingerprint density at radius 2 is 2.08 bits per heavy atom. The summed E-state index contributed by atoms with van der Waals surface area (Å²) < 4.78 is 11.1. The van der Waals surface area contributed by atoms with E-state index in [2.05, 4.69) is 4.98 Å². The second-order valence-electron chi connectivity index (χ2n) is 6.29. The molecule has 1 aliphatic rings. The van der Waals surface area contributed by atoms with Crippen LogP contribution in [0.25, 0.3) is 10.9 Å². The zero-order valence-electron chi connectivity index (χ0n) is 13.9. The maximum atomic E-state index is 13.1. The van der Waals surface area contributed by atoms with E-state index in [0.717, 1.165) is 36.1 Å². The van der Waals surface area contributed by atoms with Gasteiger partial charge in [0.2, 0.25) is 0 Å². The summed E-state index contributed by atoms with van der Waals surface area (Å²) >= 11 is 0. The summed E-state index contributed by atoms with van der Waals surface area (Å²) in [6.07, 6.45) is 3.73. The molecule has 5 heteroatoms. The standard InChI is InChI=1S/C20H20N2O3/c23-20(19-10-9-15-5-1-2-8-18(15)21-19)22(13-16-6-3-11-24-16)14-17-7-4-12-25-17/h1-3,5-6,8-11,17H,4,7,12-14H2. The molecule has 3 aromatic rings. The predicted molar refractivity (Wildman–Crippen MR) is 94.2 cm³/mol. The lowest BCUT2D eigenvalue weighted by molar-refractivity contribution is 0.0487. The minimum absolute atomic E-state index is 0.0827. The number of carbonyl (C=O) groups excluding carboxylic acids is 1. The Bertz CT molecular complexity index is 854. The number of pyridine rings is 1. The molecule has 1 unspecified atom stereocenters. The monoisotopic (exact) mass is 336 g/mol. The van der Waals surface area contributed by atoms with Crippen molar-refractivity contribution in [3.05, 3.63) is 66.2 Å². The molecule has 1 amide bonds. The third-order valence-electron chi connectivity index (χ3n) is 4.48. The molecule has 0 saturated carbocycles. The van der Waals surface area contributed by atoms with Crippen LogP contribution in [0.2, 0.25) is 0 Å². The minimum atomic E-state index is -0.0994. The van der Waals surface area contributed by atoms with Gasteiger partial charge in [-0.15, -0.1) is 0 Å². The predicted octanol–water partition coefficient (Wildman–Crippen LogP) is 3.65. The molecule has 25 heavy (non-hydrogen) atoms. The van der Waals surface area contributed by atoms with Gasteiger partial charge in [0.05, 0.1) is 24.4 Å². The van der Waals surface area contributed by atoms with Crippen molar-refractivity contribution in [1.29, 1.82) is 0 Å². The third kappa shape index (κ3) is 3.56. The van der Waals surface area contributed by atoms with E-state index in [1.54, 1.807) is 17.2 Å². The van der Waals surface area contributed by atoms with Gasteiger partial charge in [0.25, 0.3) is 5.91 Å². The Morgan fingerprint density at radius 3 is 2.88 bits per heavy atom. The zero-order chi connectivity index (χ0) is 17.1. The highest BCUT2D eigenvalue weighted by atomic mass is 16.5. The van der Waals surface area contributed by atoms with Gasteiger partial charge in [-0.05, 0) is 37.1 Å². The number of rotatable bonds is 5. The van der Waals surface area contributed by atoms with Crippen LogP contribution < -0.4 is 0 Å². The van der Waals surface area contributed by atoms with Gasteiger partial charge in [-0.25, -0.2) is 4.98 Å². The van der Waals surface area contributed by atoms with Gasteiger partial charge in [0, 0.05) is 18.5 Å². The average molecular weight is 336 g/mol. The van der Waals surface area contributed by atoms with Gasteiger partial charge < -0.3 is 14.1 Å². The van der Waals surface area contributed by atoms with Crippen molar-refractivity contribution in [1.82, 2.24) is 9.88 Å². The van der Waals surface area contributed by atoms with Crippen molar-refractivity contribution < 1.29 is 13.9 Å². The molecule has 2 aromatic heterocycles. The van der Waals surface area contributed by atoms with Gasteiger partial charge in [0.15, 0.2) is 0 Å². The van der Waals surface area contributed by atoms with E-state index in [0.29, 0.717) is 18.8 Å². The van der Waals surface area contributed by atoms with E-state index in [-0.39, 0.29) is 12.0 Å². The first-order chi connectivity index (χ1) is 12.3. The zero-order valence-corrected chi connectivity index (χ0v) is 13.9. The number of fused-ring (bicyclic) bond motifs is 1. The summed E-state index contributed by atoms with van der Waals surface area (Å²) in [5.74, 6) is 0.657. The molecule has 0 spiro atoms. The van der Waals surface area contributed by atoms with E-state index in [1.165, 1.54) is 0 Å². The number of amides is 1. The summed E-state index contributed by atoms with van der Waals surface area (Å²) in [6, 6.07) is 15.2. The lowest BCUT2D eigenvalue weighted by Gasteiger charge is -2.24. The third-order valence-corrected chi connectivity index (χ3v) is 4.48. The second kappa shape index (κ2) is 7.07. The maximum absolute atomic E-state index is 13.1. The van der Waals surface area contributed by atoms with Crippen LogP contribution in [-0.2, 0) is 11.3 Å². The molecule has 3 heterocycles. The first-order valence-corrected chi connectivity index (χ1v) is 8.59. The van der Waals surface area contributed by atoms with Crippen molar-refractivity contribution >= 4 is 16.8 Å². The Kier molecular flexibility index (Phi) is 4.48. The topological polar surface area (TPSA) is 55.6 Å². The number of carbonyl (C=O) groups is 1. The van der Waals surface area contributed by atoms with Crippen LogP contribution in [0.15, 0.2) is 59.2 Å². The lowest BCUT2D eigenvalue weighted by atomic mass is 10.1. The summed E-state index contributed by atoms with van der Waals surface area (Å²) in [7, 11) is 0. The largest absolute Gasteiger partial charge is 0.467 e. The summed E-state index contributed by atoms with van der Waals surface area (Å²) in [5.41, 5.74) is 1.27. The quantitative estimate of drug-likeness (QED) is 0.714. The summed E-state index contributed by atoms with van der Waals surface area (Å²) in [4.78, 5) is 19.4. The fourth-order valence-corrected chi connectivity index (χ4v) is 3.19. The number of nitrogens with zero attached hydrogens (tertiary/aromatic N) is 2. The van der Waals surface area contributed by atoms with Crippen molar-refractivity contribution in [2.24, 2.45) is 0 Å². The van der Waals surface area contributed by atoms with E-state index in [9.17, 15) is 4.79 Å². The Balaban J connectivity index is 1.60. The molecule has 1 fully saturated rings. The normalized spacial score (nSPS) is 17.0. The van der Waals surface area contributed by atoms with E-state index >= 15 is 0 Å². The number of ether oxygens (including phenoxy) is 1. The van der Waals surface area contributed by atoms with Crippen LogP contribution in [0.5, 0.6) is 0 Å². The van der Waals surface area contributed by atoms with Crippen molar-refractivity contribution in [3.63, 3.8) is 0 Å². The molecule has 4 rings (SSSR count). The maximum Gasteiger partial charge on any atom is 0.272 e. The molecule has 1 aliphatic heterocycles. The number of hydrogen-bond donors (Lipinski definition) is 0. The first-order valence-electron chi connectivity index (χ1n) is 8.59. The molecule has 1 saturated heterocycles. The van der Waals surface area contributed by atoms with Crippen LogP contribution in [0.4, 0.5) is 0 Å². The van der Waals surface area contributed by atoms with Crippen LogP contribution in [0, 0.1) is 0 Å². The number of hydrogen-bond acceptors (Lipinski definition) is 4. The van der Waals surface area contributed by atoms with Crippen molar-refractivity contribution in [2.75, 3.05) is 13.2 Å². The Morgan fingerprint density at radius 1 is 1.16 bits per heavy atom. The summed E-state index contributed by atoms with van der Waals surface area (Å²) in [5, 5.41) is 1.02.